The maximum Gasteiger partial charge on any atom is 0.169 e. The molecule has 1 heterocycles. The van der Waals surface area contributed by atoms with Gasteiger partial charge in [-0.2, -0.15) is 0 Å². The third-order valence-electron chi connectivity index (χ3n) is 2.09. The zero-order valence-corrected chi connectivity index (χ0v) is 9.01. The van der Waals surface area contributed by atoms with E-state index in [0.717, 1.165) is 10.7 Å². The van der Waals surface area contributed by atoms with Gasteiger partial charge < -0.3 is 4.57 Å². The third kappa shape index (κ3) is 1.83. The van der Waals surface area contributed by atoms with Crippen LogP contribution in [0.2, 0.25) is 0 Å². The van der Waals surface area contributed by atoms with Gasteiger partial charge in [0.15, 0.2) is 5.16 Å². The van der Waals surface area contributed by atoms with E-state index in [0.29, 0.717) is 11.3 Å². The van der Waals surface area contributed by atoms with Gasteiger partial charge >= 0.3 is 0 Å². The molecular formula is C11H9FN2S. The summed E-state index contributed by atoms with van der Waals surface area (Å²) in [4.78, 5) is 4.30. The number of fused-ring (bicyclic) bond motifs is 1. The van der Waals surface area contributed by atoms with Gasteiger partial charge in [0.25, 0.3) is 0 Å². The third-order valence-corrected chi connectivity index (χ3v) is 3.02. The first-order valence-corrected chi connectivity index (χ1v) is 5.39. The minimum atomic E-state index is -0.269. The molecule has 0 amide bonds. The summed E-state index contributed by atoms with van der Waals surface area (Å²) in [6.07, 6.45) is 5.18. The Labute approximate surface area is 91.5 Å². The Morgan fingerprint density at radius 2 is 2.40 bits per heavy atom. The fraction of sp³-hybridized carbons (Fsp3) is 0.182. The lowest BCUT2D eigenvalue weighted by molar-refractivity contribution is 0.629. The molecule has 0 saturated carbocycles. The van der Waals surface area contributed by atoms with Crippen molar-refractivity contribution < 1.29 is 4.39 Å². The Bertz CT molecular complexity index is 539. The van der Waals surface area contributed by atoms with E-state index in [1.54, 1.807) is 6.07 Å². The first-order valence-electron chi connectivity index (χ1n) is 4.40. The van der Waals surface area contributed by atoms with E-state index in [1.807, 2.05) is 11.6 Å². The summed E-state index contributed by atoms with van der Waals surface area (Å²) < 4.78 is 14.9. The number of benzene rings is 1. The molecule has 0 spiro atoms. The van der Waals surface area contributed by atoms with Crippen molar-refractivity contribution in [1.82, 2.24) is 9.55 Å². The standard InChI is InChI=1S/C11H9FN2S/c1-3-6-15-11-13-9-7-8(12)4-5-10(9)14(11)2/h1,4-5,7H,6H2,2H3. The lowest BCUT2D eigenvalue weighted by Gasteiger charge is -1.98. The van der Waals surface area contributed by atoms with Gasteiger partial charge in [-0.3, -0.25) is 0 Å². The molecule has 1 aromatic carbocycles. The fourth-order valence-corrected chi connectivity index (χ4v) is 2.05. The summed E-state index contributed by atoms with van der Waals surface area (Å²) >= 11 is 1.47. The molecule has 0 fully saturated rings. The van der Waals surface area contributed by atoms with Crippen molar-refractivity contribution in [2.45, 2.75) is 5.16 Å². The Kier molecular flexibility index (Phi) is 2.65. The van der Waals surface area contributed by atoms with Crippen LogP contribution in [-0.2, 0) is 7.05 Å². The SMILES string of the molecule is C#CCSc1nc2cc(F)ccc2n1C. The number of hydrogen-bond donors (Lipinski definition) is 0. The number of rotatable bonds is 2. The molecule has 0 saturated heterocycles. The first kappa shape index (κ1) is 10.1. The second kappa shape index (κ2) is 3.95. The number of terminal acetylenes is 1. The lowest BCUT2D eigenvalue weighted by atomic mass is 10.3. The molecule has 4 heteroatoms. The van der Waals surface area contributed by atoms with E-state index in [-0.39, 0.29) is 5.82 Å². The van der Waals surface area contributed by atoms with Crippen LogP contribution in [0.5, 0.6) is 0 Å². The molecule has 0 atom stereocenters. The second-order valence-corrected chi connectivity index (χ2v) is 4.02. The van der Waals surface area contributed by atoms with Gasteiger partial charge in [-0.1, -0.05) is 17.7 Å². The van der Waals surface area contributed by atoms with Crippen molar-refractivity contribution >= 4 is 22.8 Å². The molecule has 2 aromatic rings. The first-order chi connectivity index (χ1) is 7.22. The molecule has 76 valence electrons. The average molecular weight is 220 g/mol. The minimum Gasteiger partial charge on any atom is -0.322 e. The van der Waals surface area contributed by atoms with Crippen LogP contribution in [-0.4, -0.2) is 15.3 Å². The molecule has 0 aliphatic rings. The molecule has 0 aliphatic carbocycles. The van der Waals surface area contributed by atoms with Gasteiger partial charge in [-0.25, -0.2) is 9.37 Å². The molecule has 0 aliphatic heterocycles. The van der Waals surface area contributed by atoms with Crippen molar-refractivity contribution in [2.24, 2.45) is 7.05 Å². The van der Waals surface area contributed by atoms with Gasteiger partial charge in [0.05, 0.1) is 16.8 Å². The molecule has 15 heavy (non-hydrogen) atoms. The maximum absolute atomic E-state index is 12.9. The number of aryl methyl sites for hydroxylation is 1. The van der Waals surface area contributed by atoms with Crippen molar-refractivity contribution in [1.29, 1.82) is 0 Å². The highest BCUT2D eigenvalue weighted by atomic mass is 32.2. The van der Waals surface area contributed by atoms with E-state index in [4.69, 9.17) is 6.42 Å². The van der Waals surface area contributed by atoms with E-state index in [2.05, 4.69) is 10.9 Å². The zero-order chi connectivity index (χ0) is 10.8. The summed E-state index contributed by atoms with van der Waals surface area (Å²) in [5.41, 5.74) is 1.58. The quantitative estimate of drug-likeness (QED) is 0.571. The fourth-order valence-electron chi connectivity index (χ4n) is 1.39. The topological polar surface area (TPSA) is 17.8 Å². The van der Waals surface area contributed by atoms with Crippen LogP contribution in [0, 0.1) is 18.2 Å². The number of aromatic nitrogens is 2. The summed E-state index contributed by atoms with van der Waals surface area (Å²) in [6, 6.07) is 4.58. The predicted octanol–water partition coefficient (Wildman–Crippen LogP) is 2.44. The highest BCUT2D eigenvalue weighted by Gasteiger charge is 2.07. The molecule has 0 radical (unpaired) electrons. The second-order valence-electron chi connectivity index (χ2n) is 3.08. The summed E-state index contributed by atoms with van der Waals surface area (Å²) in [7, 11) is 1.89. The Balaban J connectivity index is 2.50. The normalized spacial score (nSPS) is 10.5. The predicted molar refractivity (Wildman–Crippen MR) is 60.2 cm³/mol. The molecule has 2 nitrogen and oxygen atoms in total. The average Bonchev–Trinajstić information content (AvgIpc) is 2.52. The van der Waals surface area contributed by atoms with Crippen LogP contribution in [0.1, 0.15) is 0 Å². The number of halogens is 1. The lowest BCUT2D eigenvalue weighted by Crippen LogP contribution is -1.90. The highest BCUT2D eigenvalue weighted by Crippen LogP contribution is 2.22. The van der Waals surface area contributed by atoms with Crippen LogP contribution in [0.3, 0.4) is 0 Å². The van der Waals surface area contributed by atoms with E-state index in [1.165, 1.54) is 23.9 Å². The number of imidazole rings is 1. The van der Waals surface area contributed by atoms with Crippen molar-refractivity contribution in [2.75, 3.05) is 5.75 Å². The maximum atomic E-state index is 12.9. The van der Waals surface area contributed by atoms with Crippen molar-refractivity contribution in [3.05, 3.63) is 24.0 Å². The molecule has 1 aromatic heterocycles. The summed E-state index contributed by atoms with van der Waals surface area (Å²) in [6.45, 7) is 0. The van der Waals surface area contributed by atoms with E-state index >= 15 is 0 Å². The summed E-state index contributed by atoms with van der Waals surface area (Å²) in [5.74, 6) is 2.83. The Morgan fingerprint density at radius 1 is 1.60 bits per heavy atom. The Morgan fingerprint density at radius 3 is 3.13 bits per heavy atom. The van der Waals surface area contributed by atoms with Crippen molar-refractivity contribution in [3.63, 3.8) is 0 Å². The van der Waals surface area contributed by atoms with Crippen LogP contribution in [0.25, 0.3) is 11.0 Å². The van der Waals surface area contributed by atoms with Crippen molar-refractivity contribution in [3.8, 4) is 12.3 Å². The van der Waals surface area contributed by atoms with E-state index in [9.17, 15) is 4.39 Å². The zero-order valence-electron chi connectivity index (χ0n) is 8.20. The minimum absolute atomic E-state index is 0.269. The van der Waals surface area contributed by atoms with Gasteiger partial charge in [0.2, 0.25) is 0 Å². The summed E-state index contributed by atoms with van der Waals surface area (Å²) in [5, 5.41) is 0.813. The van der Waals surface area contributed by atoms with Gasteiger partial charge in [0.1, 0.15) is 5.82 Å². The monoisotopic (exact) mass is 220 g/mol. The van der Waals surface area contributed by atoms with Gasteiger partial charge in [0, 0.05) is 13.1 Å². The van der Waals surface area contributed by atoms with E-state index < -0.39 is 0 Å². The van der Waals surface area contributed by atoms with Crippen LogP contribution < -0.4 is 0 Å². The highest BCUT2D eigenvalue weighted by molar-refractivity contribution is 7.99. The Hall–Kier alpha value is -1.47. The number of nitrogens with zero attached hydrogens (tertiary/aromatic N) is 2. The van der Waals surface area contributed by atoms with Crippen LogP contribution in [0.4, 0.5) is 4.39 Å². The van der Waals surface area contributed by atoms with Gasteiger partial charge in [-0.15, -0.1) is 6.42 Å². The van der Waals surface area contributed by atoms with Crippen LogP contribution in [0.15, 0.2) is 23.4 Å². The van der Waals surface area contributed by atoms with Crippen LogP contribution >= 0.6 is 11.8 Å². The molecule has 0 N–H and O–H groups in total. The van der Waals surface area contributed by atoms with Gasteiger partial charge in [-0.05, 0) is 12.1 Å². The smallest absolute Gasteiger partial charge is 0.169 e. The number of thioether (sulfide) groups is 1. The molecular weight excluding hydrogens is 211 g/mol. The largest absolute Gasteiger partial charge is 0.322 e. The molecule has 0 bridgehead atoms. The number of hydrogen-bond acceptors (Lipinski definition) is 2. The molecule has 0 unspecified atom stereocenters. The molecule has 2 rings (SSSR count).